The van der Waals surface area contributed by atoms with Crippen LogP contribution in [0, 0.1) is 11.3 Å². The number of aromatic nitrogens is 1. The lowest BCUT2D eigenvalue weighted by atomic mass is 10.2. The van der Waals surface area contributed by atoms with Crippen LogP contribution in [0.3, 0.4) is 0 Å². The summed E-state index contributed by atoms with van der Waals surface area (Å²) in [5, 5.41) is 12.3. The van der Waals surface area contributed by atoms with Crippen LogP contribution < -0.4 is 25.8 Å². The van der Waals surface area contributed by atoms with Gasteiger partial charge in [-0.05, 0) is 38.1 Å². The molecule has 0 aliphatic rings. The zero-order chi connectivity index (χ0) is 20.0. The van der Waals surface area contributed by atoms with Crippen molar-refractivity contribution in [2.45, 2.75) is 20.4 Å². The fourth-order valence-electron chi connectivity index (χ4n) is 2.26. The summed E-state index contributed by atoms with van der Waals surface area (Å²) in [7, 11) is 0. The number of hydrogen-bond acceptors (Lipinski definition) is 7. The number of benzene rings is 1. The normalized spacial score (nSPS) is 12.3. The van der Waals surface area contributed by atoms with Crippen LogP contribution >= 0.6 is 11.3 Å². The second kappa shape index (κ2) is 8.82. The van der Waals surface area contributed by atoms with Crippen molar-refractivity contribution in [3.63, 3.8) is 0 Å². The highest BCUT2D eigenvalue weighted by molar-refractivity contribution is 7.07. The van der Waals surface area contributed by atoms with Crippen molar-refractivity contribution in [1.82, 2.24) is 4.57 Å². The van der Waals surface area contributed by atoms with E-state index in [1.807, 2.05) is 6.07 Å². The predicted octanol–water partition coefficient (Wildman–Crippen LogP) is 0.116. The molecule has 0 radical (unpaired) electrons. The van der Waals surface area contributed by atoms with Crippen LogP contribution in [-0.2, 0) is 16.1 Å². The molecule has 0 aliphatic heterocycles. The van der Waals surface area contributed by atoms with Gasteiger partial charge in [-0.15, -0.1) is 11.3 Å². The molecule has 0 bridgehead atoms. The number of carbonyl (C=O) groups excluding carboxylic acids is 2. The number of nitrogens with two attached hydrogens (primary N) is 1. The third-order valence-electron chi connectivity index (χ3n) is 3.57. The molecule has 8 nitrogen and oxygen atoms in total. The van der Waals surface area contributed by atoms with Crippen LogP contribution in [0.1, 0.15) is 24.2 Å². The molecule has 1 amide bonds. The molecule has 140 valence electrons. The van der Waals surface area contributed by atoms with Crippen LogP contribution in [0.2, 0.25) is 0 Å². The largest absolute Gasteiger partial charge is 0.462 e. The molecule has 1 aromatic heterocycles. The number of amides is 1. The number of hydrogen-bond donors (Lipinski definition) is 2. The van der Waals surface area contributed by atoms with E-state index in [9.17, 15) is 19.6 Å². The molecule has 0 aliphatic carbocycles. The van der Waals surface area contributed by atoms with Crippen LogP contribution in [-0.4, -0.2) is 23.1 Å². The second-order valence-corrected chi connectivity index (χ2v) is 6.29. The van der Waals surface area contributed by atoms with E-state index in [2.05, 4.69) is 5.32 Å². The lowest BCUT2D eigenvalue weighted by Gasteiger charge is -2.00. The van der Waals surface area contributed by atoms with Crippen LogP contribution in [0.15, 0.2) is 29.1 Å². The van der Waals surface area contributed by atoms with Crippen molar-refractivity contribution < 1.29 is 14.3 Å². The predicted molar refractivity (Wildman–Crippen MR) is 102 cm³/mol. The number of nitriles is 1. The maximum Gasteiger partial charge on any atom is 0.351 e. The van der Waals surface area contributed by atoms with Crippen molar-refractivity contribution in [2.75, 3.05) is 11.9 Å². The number of thiazole rings is 1. The first kappa shape index (κ1) is 19.9. The molecule has 0 spiro atoms. The summed E-state index contributed by atoms with van der Waals surface area (Å²) in [4.78, 5) is 35.6. The lowest BCUT2D eigenvalue weighted by Crippen LogP contribution is -2.32. The minimum Gasteiger partial charge on any atom is -0.462 e. The number of rotatable bonds is 6. The maximum atomic E-state index is 12.6. The van der Waals surface area contributed by atoms with Gasteiger partial charge in [-0.25, -0.2) is 4.79 Å². The molecule has 2 aromatic rings. The SMILES string of the molecule is CCOC(=O)C(C#N)=c1sc(=CNc2ccc(C(N)=O)cc2)c(=O)n1CC. The minimum atomic E-state index is -0.759. The monoisotopic (exact) mass is 386 g/mol. The number of nitrogens with one attached hydrogen (secondary N) is 1. The molecular formula is C18H18N4O4S. The van der Waals surface area contributed by atoms with Gasteiger partial charge in [0.05, 0.1) is 6.61 Å². The molecule has 1 aromatic carbocycles. The molecule has 27 heavy (non-hydrogen) atoms. The van der Waals surface area contributed by atoms with Crippen molar-refractivity contribution in [2.24, 2.45) is 5.73 Å². The van der Waals surface area contributed by atoms with Crippen LogP contribution in [0.4, 0.5) is 5.69 Å². The molecular weight excluding hydrogens is 368 g/mol. The van der Waals surface area contributed by atoms with Gasteiger partial charge in [0.2, 0.25) is 5.91 Å². The lowest BCUT2D eigenvalue weighted by molar-refractivity contribution is -0.136. The number of esters is 1. The molecule has 0 saturated carbocycles. The smallest absolute Gasteiger partial charge is 0.351 e. The summed E-state index contributed by atoms with van der Waals surface area (Å²) < 4.78 is 6.81. The van der Waals surface area contributed by atoms with Crippen LogP contribution in [0.5, 0.6) is 0 Å². The van der Waals surface area contributed by atoms with E-state index >= 15 is 0 Å². The van der Waals surface area contributed by atoms with Crippen molar-refractivity contribution in [3.05, 3.63) is 49.4 Å². The van der Waals surface area contributed by atoms with E-state index in [-0.39, 0.29) is 22.4 Å². The maximum absolute atomic E-state index is 12.6. The molecule has 9 heteroatoms. The van der Waals surface area contributed by atoms with E-state index in [0.717, 1.165) is 11.3 Å². The number of primary amides is 1. The van der Waals surface area contributed by atoms with Crippen molar-refractivity contribution in [1.29, 1.82) is 5.26 Å². The fourth-order valence-corrected chi connectivity index (χ4v) is 3.33. The number of carbonyl (C=O) groups is 2. The standard InChI is InChI=1S/C18H18N4O4S/c1-3-22-16(24)14(27-17(22)13(9-19)18(25)26-4-2)10-21-12-7-5-11(6-8-12)15(20)23/h5-8,10,21H,3-4H2,1-2H3,(H2,20,23). The zero-order valence-electron chi connectivity index (χ0n) is 14.8. The Labute approximate surface area is 158 Å². The van der Waals surface area contributed by atoms with Gasteiger partial charge in [0.1, 0.15) is 15.3 Å². The minimum absolute atomic E-state index is 0.133. The first-order chi connectivity index (χ1) is 12.9. The first-order valence-electron chi connectivity index (χ1n) is 8.10. The molecule has 1 heterocycles. The van der Waals surface area contributed by atoms with E-state index in [1.54, 1.807) is 38.1 Å². The van der Waals surface area contributed by atoms with E-state index in [1.165, 1.54) is 10.8 Å². The highest BCUT2D eigenvalue weighted by Gasteiger charge is 2.16. The Hall–Kier alpha value is -3.38. The molecule has 3 N–H and O–H groups in total. The van der Waals surface area contributed by atoms with Gasteiger partial charge in [0, 0.05) is 24.0 Å². The van der Waals surface area contributed by atoms with Gasteiger partial charge in [0.15, 0.2) is 5.57 Å². The Morgan fingerprint density at radius 3 is 2.52 bits per heavy atom. The molecule has 0 atom stereocenters. The summed E-state index contributed by atoms with van der Waals surface area (Å²) in [5.41, 5.74) is 5.68. The average Bonchev–Trinajstić information content (AvgIpc) is 2.96. The van der Waals surface area contributed by atoms with Crippen LogP contribution in [0.25, 0.3) is 11.8 Å². The Morgan fingerprint density at radius 1 is 1.33 bits per heavy atom. The van der Waals surface area contributed by atoms with Gasteiger partial charge >= 0.3 is 5.97 Å². The zero-order valence-corrected chi connectivity index (χ0v) is 15.6. The Bertz CT molecular complexity index is 1070. The third-order valence-corrected chi connectivity index (χ3v) is 4.70. The van der Waals surface area contributed by atoms with Crippen molar-refractivity contribution in [3.8, 4) is 6.07 Å². The highest BCUT2D eigenvalue weighted by atomic mass is 32.1. The molecule has 0 saturated heterocycles. The fraction of sp³-hybridized carbons (Fsp3) is 0.222. The first-order valence-corrected chi connectivity index (χ1v) is 8.92. The summed E-state index contributed by atoms with van der Waals surface area (Å²) in [6.45, 7) is 3.82. The average molecular weight is 386 g/mol. The number of nitrogens with zero attached hydrogens (tertiary/aromatic N) is 2. The van der Waals surface area contributed by atoms with Gasteiger partial charge in [-0.1, -0.05) is 0 Å². The summed E-state index contributed by atoms with van der Waals surface area (Å²) in [6.07, 6.45) is 1.49. The highest BCUT2D eigenvalue weighted by Crippen LogP contribution is 2.08. The third kappa shape index (κ3) is 4.43. The van der Waals surface area contributed by atoms with Crippen molar-refractivity contribution >= 4 is 40.7 Å². The quantitative estimate of drug-likeness (QED) is 0.679. The summed E-state index contributed by atoms with van der Waals surface area (Å²) in [5.74, 6) is -1.29. The van der Waals surface area contributed by atoms with Gasteiger partial charge in [0.25, 0.3) is 5.56 Å². The number of anilines is 1. The van der Waals surface area contributed by atoms with E-state index in [0.29, 0.717) is 22.3 Å². The van der Waals surface area contributed by atoms with E-state index in [4.69, 9.17) is 10.5 Å². The Kier molecular flexibility index (Phi) is 6.51. The molecule has 2 rings (SSSR count). The summed E-state index contributed by atoms with van der Waals surface area (Å²) in [6, 6.07) is 8.24. The van der Waals surface area contributed by atoms with E-state index < -0.39 is 11.9 Å². The Morgan fingerprint density at radius 2 is 2.00 bits per heavy atom. The topological polar surface area (TPSA) is 127 Å². The Balaban J connectivity index is 2.50. The molecule has 0 fully saturated rings. The van der Waals surface area contributed by atoms with Gasteiger partial charge < -0.3 is 15.8 Å². The summed E-state index contributed by atoms with van der Waals surface area (Å²) >= 11 is 1.02. The van der Waals surface area contributed by atoms with Gasteiger partial charge in [-0.2, -0.15) is 5.26 Å². The van der Waals surface area contributed by atoms with Gasteiger partial charge in [-0.3, -0.25) is 14.2 Å². The molecule has 0 unspecified atom stereocenters. The number of ether oxygens (including phenoxy) is 1. The second-order valence-electron chi connectivity index (χ2n) is 5.26.